The molecule has 0 heterocycles. The van der Waals surface area contributed by atoms with Crippen molar-refractivity contribution in [1.82, 2.24) is 0 Å². The van der Waals surface area contributed by atoms with Crippen molar-refractivity contribution in [3.05, 3.63) is 34.6 Å². The Kier molecular flexibility index (Phi) is 3.57. The van der Waals surface area contributed by atoms with E-state index in [0.29, 0.717) is 0 Å². The van der Waals surface area contributed by atoms with Crippen LogP contribution in [0, 0.1) is 5.82 Å². The highest BCUT2D eigenvalue weighted by Crippen LogP contribution is 2.27. The first kappa shape index (κ1) is 12.3. The van der Waals surface area contributed by atoms with Crippen LogP contribution in [0.3, 0.4) is 0 Å². The lowest BCUT2D eigenvalue weighted by molar-refractivity contribution is -0.203. The largest absolute Gasteiger partial charge is 0.414 e. The quantitative estimate of drug-likeness (QED) is 0.791. The van der Waals surface area contributed by atoms with Gasteiger partial charge in [-0.3, -0.25) is 0 Å². The molecule has 0 amide bonds. The van der Waals surface area contributed by atoms with Gasteiger partial charge >= 0.3 is 6.18 Å². The van der Waals surface area contributed by atoms with Crippen molar-refractivity contribution < 1.29 is 22.7 Å². The van der Waals surface area contributed by atoms with Crippen LogP contribution in [0.15, 0.2) is 18.2 Å². The van der Waals surface area contributed by atoms with Crippen LogP contribution in [0.4, 0.5) is 17.6 Å². The summed E-state index contributed by atoms with van der Waals surface area (Å²) in [6.45, 7) is 0. The molecule has 0 fully saturated rings. The Morgan fingerprint density at radius 1 is 1.33 bits per heavy atom. The van der Waals surface area contributed by atoms with Crippen LogP contribution in [-0.4, -0.2) is 17.4 Å². The molecule has 0 saturated heterocycles. The van der Waals surface area contributed by atoms with Gasteiger partial charge in [0.05, 0.1) is 5.02 Å². The molecule has 0 bridgehead atoms. The maximum absolute atomic E-state index is 12.8. The Morgan fingerprint density at radius 3 is 2.47 bits per heavy atom. The fourth-order valence-electron chi connectivity index (χ4n) is 1.03. The average molecular weight is 243 g/mol. The fraction of sp³-hybridized carbons (Fsp3) is 0.333. The van der Waals surface area contributed by atoms with Crippen LogP contribution in [0.2, 0.25) is 5.02 Å². The molecule has 0 spiro atoms. The van der Waals surface area contributed by atoms with Gasteiger partial charge < -0.3 is 5.11 Å². The normalized spacial score (nSPS) is 14.0. The minimum Gasteiger partial charge on any atom is -0.383 e. The van der Waals surface area contributed by atoms with Gasteiger partial charge in [0.25, 0.3) is 0 Å². The number of alkyl halides is 3. The number of rotatable bonds is 2. The summed E-state index contributed by atoms with van der Waals surface area (Å²) < 4.78 is 48.8. The maximum Gasteiger partial charge on any atom is 0.414 e. The van der Waals surface area contributed by atoms with Crippen LogP contribution in [0.25, 0.3) is 0 Å². The third kappa shape index (κ3) is 3.07. The van der Waals surface area contributed by atoms with Gasteiger partial charge in [0.15, 0.2) is 6.10 Å². The molecule has 1 nitrogen and oxygen atoms in total. The molecule has 0 aliphatic rings. The van der Waals surface area contributed by atoms with Gasteiger partial charge in [0.1, 0.15) is 5.82 Å². The SMILES string of the molecule is OC(Cc1cccc(F)c1Cl)C(F)(F)F. The van der Waals surface area contributed by atoms with Crippen LogP contribution in [0.1, 0.15) is 5.56 Å². The van der Waals surface area contributed by atoms with E-state index in [1.165, 1.54) is 12.1 Å². The summed E-state index contributed by atoms with van der Waals surface area (Å²) in [7, 11) is 0. The van der Waals surface area contributed by atoms with E-state index in [0.717, 1.165) is 6.07 Å². The van der Waals surface area contributed by atoms with Crippen molar-refractivity contribution in [3.8, 4) is 0 Å². The summed E-state index contributed by atoms with van der Waals surface area (Å²) >= 11 is 5.43. The molecule has 0 aliphatic carbocycles. The molecule has 6 heteroatoms. The second-order valence-corrected chi connectivity index (χ2v) is 3.35. The molecule has 1 aromatic rings. The summed E-state index contributed by atoms with van der Waals surface area (Å²) in [4.78, 5) is 0. The molecule has 84 valence electrons. The minimum absolute atomic E-state index is 0.0681. The van der Waals surface area contributed by atoms with Crippen molar-refractivity contribution in [2.75, 3.05) is 0 Å². The second-order valence-electron chi connectivity index (χ2n) is 2.97. The third-order valence-electron chi connectivity index (χ3n) is 1.82. The molecule has 0 aliphatic heterocycles. The molecule has 0 saturated carbocycles. The molecule has 1 atom stereocenters. The van der Waals surface area contributed by atoms with Gasteiger partial charge in [-0.2, -0.15) is 13.2 Å². The van der Waals surface area contributed by atoms with E-state index in [1.54, 1.807) is 0 Å². The predicted molar refractivity (Wildman–Crippen MR) is 47.2 cm³/mol. The van der Waals surface area contributed by atoms with E-state index in [4.69, 9.17) is 16.7 Å². The van der Waals surface area contributed by atoms with Gasteiger partial charge in [-0.05, 0) is 11.6 Å². The summed E-state index contributed by atoms with van der Waals surface area (Å²) in [5.74, 6) is -0.802. The van der Waals surface area contributed by atoms with E-state index in [2.05, 4.69) is 0 Å². The maximum atomic E-state index is 12.8. The summed E-state index contributed by atoms with van der Waals surface area (Å²) in [5.41, 5.74) is -0.0681. The van der Waals surface area contributed by atoms with E-state index in [-0.39, 0.29) is 10.6 Å². The average Bonchev–Trinajstić information content (AvgIpc) is 2.11. The lowest BCUT2D eigenvalue weighted by Crippen LogP contribution is -2.30. The Hall–Kier alpha value is -0.810. The Labute approximate surface area is 88.3 Å². The summed E-state index contributed by atoms with van der Waals surface area (Å²) in [6.07, 6.45) is -8.01. The Balaban J connectivity index is 2.86. The van der Waals surface area contributed by atoms with Crippen molar-refractivity contribution in [1.29, 1.82) is 0 Å². The first-order valence-electron chi connectivity index (χ1n) is 4.00. The first-order chi connectivity index (χ1) is 6.82. The molecule has 15 heavy (non-hydrogen) atoms. The van der Waals surface area contributed by atoms with E-state index < -0.39 is 24.5 Å². The van der Waals surface area contributed by atoms with Crippen molar-refractivity contribution in [2.24, 2.45) is 0 Å². The van der Waals surface area contributed by atoms with Crippen molar-refractivity contribution in [2.45, 2.75) is 18.7 Å². The molecule has 1 rings (SSSR count). The summed E-state index contributed by atoms with van der Waals surface area (Å²) in [6, 6.07) is 3.51. The van der Waals surface area contributed by atoms with Gasteiger partial charge in [-0.1, -0.05) is 23.7 Å². The number of benzene rings is 1. The first-order valence-corrected chi connectivity index (χ1v) is 4.38. The van der Waals surface area contributed by atoms with Crippen molar-refractivity contribution >= 4 is 11.6 Å². The highest BCUT2D eigenvalue weighted by atomic mass is 35.5. The number of aliphatic hydroxyl groups is 1. The van der Waals surface area contributed by atoms with Crippen molar-refractivity contribution in [3.63, 3.8) is 0 Å². The topological polar surface area (TPSA) is 20.2 Å². The smallest absolute Gasteiger partial charge is 0.383 e. The number of hydrogen-bond acceptors (Lipinski definition) is 1. The van der Waals surface area contributed by atoms with Gasteiger partial charge in [-0.25, -0.2) is 4.39 Å². The number of aliphatic hydroxyl groups excluding tert-OH is 1. The van der Waals surface area contributed by atoms with Crippen LogP contribution in [0.5, 0.6) is 0 Å². The molecular weight excluding hydrogens is 236 g/mol. The van der Waals surface area contributed by atoms with Crippen LogP contribution >= 0.6 is 11.6 Å². The van der Waals surface area contributed by atoms with Gasteiger partial charge in [0.2, 0.25) is 0 Å². The second kappa shape index (κ2) is 4.37. The van der Waals surface area contributed by atoms with Gasteiger partial charge in [-0.15, -0.1) is 0 Å². The minimum atomic E-state index is -4.73. The molecular formula is C9H7ClF4O. The van der Waals surface area contributed by atoms with E-state index >= 15 is 0 Å². The highest BCUT2D eigenvalue weighted by Gasteiger charge is 2.38. The zero-order chi connectivity index (χ0) is 11.6. The van der Waals surface area contributed by atoms with Gasteiger partial charge in [0, 0.05) is 6.42 Å². The molecule has 0 aromatic heterocycles. The van der Waals surface area contributed by atoms with E-state index in [9.17, 15) is 17.6 Å². The third-order valence-corrected chi connectivity index (χ3v) is 2.25. The molecule has 0 radical (unpaired) electrons. The lowest BCUT2D eigenvalue weighted by atomic mass is 10.1. The monoisotopic (exact) mass is 242 g/mol. The van der Waals surface area contributed by atoms with Crippen LogP contribution in [-0.2, 0) is 6.42 Å². The lowest BCUT2D eigenvalue weighted by Gasteiger charge is -2.15. The number of halogens is 5. The highest BCUT2D eigenvalue weighted by molar-refractivity contribution is 6.31. The zero-order valence-electron chi connectivity index (χ0n) is 7.35. The predicted octanol–water partition coefficient (Wildman–Crippen LogP) is 2.94. The zero-order valence-corrected chi connectivity index (χ0v) is 8.11. The van der Waals surface area contributed by atoms with E-state index in [1.807, 2.05) is 0 Å². The van der Waals surface area contributed by atoms with Crippen LogP contribution < -0.4 is 0 Å². The summed E-state index contributed by atoms with van der Waals surface area (Å²) in [5, 5.41) is 8.36. The molecule has 1 aromatic carbocycles. The molecule has 1 unspecified atom stereocenters. The number of hydrogen-bond donors (Lipinski definition) is 1. The Bertz CT molecular complexity index is 350. The standard InChI is InChI=1S/C9H7ClF4O/c10-8-5(2-1-3-6(8)11)4-7(15)9(12,13)14/h1-3,7,15H,4H2. The molecule has 1 N–H and O–H groups in total. The fourth-order valence-corrected chi connectivity index (χ4v) is 1.23. The Morgan fingerprint density at radius 2 is 1.93 bits per heavy atom.